The van der Waals surface area contributed by atoms with Gasteiger partial charge in [-0.25, -0.2) is 14.4 Å². The van der Waals surface area contributed by atoms with E-state index < -0.39 is 24.3 Å². The largest absolute Gasteiger partial charge is 0.486 e. The lowest BCUT2D eigenvalue weighted by Crippen LogP contribution is -2.51. The number of carbonyl (C=O) groups is 1. The van der Waals surface area contributed by atoms with Gasteiger partial charge < -0.3 is 29.7 Å². The molecule has 12 nitrogen and oxygen atoms in total. The Labute approximate surface area is 262 Å². The van der Waals surface area contributed by atoms with E-state index in [-0.39, 0.29) is 30.8 Å². The van der Waals surface area contributed by atoms with Crippen molar-refractivity contribution < 1.29 is 23.8 Å². The number of nitriles is 1. The van der Waals surface area contributed by atoms with Gasteiger partial charge in [-0.3, -0.25) is 9.69 Å². The van der Waals surface area contributed by atoms with E-state index in [9.17, 15) is 19.6 Å². The molecular weight excluding hydrogens is 579 g/mol. The summed E-state index contributed by atoms with van der Waals surface area (Å²) in [5.41, 5.74) is 2.77. The summed E-state index contributed by atoms with van der Waals surface area (Å²) in [4.78, 5) is 31.2. The Balaban J connectivity index is 1.20. The molecule has 238 valence electrons. The highest BCUT2D eigenvalue weighted by atomic mass is 19.1. The van der Waals surface area contributed by atoms with Crippen LogP contribution in [0.4, 0.5) is 21.7 Å². The summed E-state index contributed by atoms with van der Waals surface area (Å²) in [5.74, 6) is 0.439. The number of piperidine rings is 1. The molecule has 0 saturated carbocycles. The van der Waals surface area contributed by atoms with Crippen molar-refractivity contribution in [3.8, 4) is 23.2 Å². The number of carbonyl (C=O) groups excluding carboxylic acids is 1. The number of halogens is 1. The number of piperazine rings is 1. The van der Waals surface area contributed by atoms with E-state index in [1.54, 1.807) is 25.3 Å². The second-order valence-corrected chi connectivity index (χ2v) is 11.4. The number of ether oxygens (including phenoxy) is 2. The lowest BCUT2D eigenvalue weighted by molar-refractivity contribution is -0.143. The number of amides is 1. The number of benzene rings is 2. The van der Waals surface area contributed by atoms with E-state index in [2.05, 4.69) is 55.2 Å². The van der Waals surface area contributed by atoms with Crippen molar-refractivity contribution in [3.05, 3.63) is 54.4 Å². The van der Waals surface area contributed by atoms with Crippen molar-refractivity contribution in [2.45, 2.75) is 44.7 Å². The number of aliphatic hydroxyl groups is 1. The van der Waals surface area contributed by atoms with Crippen LogP contribution in [0.2, 0.25) is 0 Å². The molecule has 2 aromatic carbocycles. The molecule has 2 N–H and O–H groups in total. The number of likely N-dealkylation sites (tertiary alicyclic amines) is 1. The molecule has 3 aromatic rings. The van der Waals surface area contributed by atoms with Gasteiger partial charge in [0, 0.05) is 69.2 Å². The third-order valence-electron chi connectivity index (χ3n) is 8.19. The van der Waals surface area contributed by atoms with Crippen LogP contribution in [0.1, 0.15) is 25.8 Å². The zero-order valence-corrected chi connectivity index (χ0v) is 25.8. The third kappa shape index (κ3) is 7.83. The molecule has 2 saturated heterocycles. The third-order valence-corrected chi connectivity index (χ3v) is 8.19. The Morgan fingerprint density at radius 1 is 1.13 bits per heavy atom. The van der Waals surface area contributed by atoms with E-state index in [0.717, 1.165) is 44.2 Å². The molecular formula is C32H39FN8O4. The summed E-state index contributed by atoms with van der Waals surface area (Å²) in [6.45, 7) is 8.23. The van der Waals surface area contributed by atoms with Crippen LogP contribution >= 0.6 is 0 Å². The molecule has 1 amide bonds. The van der Waals surface area contributed by atoms with Crippen molar-refractivity contribution in [1.82, 2.24) is 24.8 Å². The van der Waals surface area contributed by atoms with Gasteiger partial charge in [0.15, 0.2) is 12.0 Å². The molecule has 0 aliphatic carbocycles. The fourth-order valence-corrected chi connectivity index (χ4v) is 5.65. The van der Waals surface area contributed by atoms with Gasteiger partial charge in [0.2, 0.25) is 5.95 Å². The number of aliphatic hydroxyl groups excluding tert-OH is 1. The second kappa shape index (κ2) is 14.6. The molecule has 0 spiro atoms. The molecule has 1 unspecified atom stereocenters. The van der Waals surface area contributed by atoms with Crippen LogP contribution in [0.15, 0.2) is 48.8 Å². The van der Waals surface area contributed by atoms with Gasteiger partial charge >= 0.3 is 0 Å². The lowest BCUT2D eigenvalue weighted by atomic mass is 10.0. The second-order valence-electron chi connectivity index (χ2n) is 11.4. The highest BCUT2D eigenvalue weighted by molar-refractivity contribution is 5.80. The highest BCUT2D eigenvalue weighted by Crippen LogP contribution is 2.29. The normalized spacial score (nSPS) is 20.3. The first-order chi connectivity index (χ1) is 21.7. The zero-order chi connectivity index (χ0) is 31.9. The van der Waals surface area contributed by atoms with Gasteiger partial charge in [0.05, 0.1) is 18.7 Å². The van der Waals surface area contributed by atoms with Gasteiger partial charge in [-0.15, -0.1) is 0 Å². The number of rotatable bonds is 10. The van der Waals surface area contributed by atoms with Gasteiger partial charge in [0.25, 0.3) is 5.91 Å². The molecule has 45 heavy (non-hydrogen) atoms. The molecule has 0 radical (unpaired) electrons. The summed E-state index contributed by atoms with van der Waals surface area (Å²) >= 11 is 0. The Morgan fingerprint density at radius 3 is 2.56 bits per heavy atom. The SMILES string of the molecule is COCC(C)N1CCN(c2ccc(Nc3ncnc(-c4ccc(O[C@H]5CCN(C(=O)[C@@H](C)O)C[C@H]5F)c(C#N)c4)n3)cc2)CC1. The molecule has 3 heterocycles. The zero-order valence-electron chi connectivity index (χ0n) is 25.8. The van der Waals surface area contributed by atoms with Gasteiger partial charge in [-0.2, -0.15) is 10.2 Å². The minimum absolute atomic E-state index is 0.177. The fourth-order valence-electron chi connectivity index (χ4n) is 5.65. The fraction of sp³-hybridized carbons (Fsp3) is 0.469. The summed E-state index contributed by atoms with van der Waals surface area (Å²) in [7, 11) is 1.74. The number of hydrogen-bond acceptors (Lipinski definition) is 11. The molecule has 2 aliphatic heterocycles. The molecule has 2 fully saturated rings. The van der Waals surface area contributed by atoms with E-state index in [4.69, 9.17) is 9.47 Å². The first-order valence-electron chi connectivity index (χ1n) is 15.1. The number of methoxy groups -OCH3 is 1. The minimum Gasteiger partial charge on any atom is -0.486 e. The van der Waals surface area contributed by atoms with Crippen LogP contribution in [0.5, 0.6) is 5.75 Å². The van der Waals surface area contributed by atoms with E-state index in [1.807, 2.05) is 12.1 Å². The standard InChI is InChI=1S/C32H39FN8O4/c1-21(19-44-3)39-12-14-40(15-13-39)26-7-5-25(6-8-26)37-32-36-20-35-30(38-32)23-4-9-28(24(16-23)17-34)45-29-10-11-41(18-27(29)33)31(43)22(2)42/h4-9,16,20-22,27,29,42H,10-15,18-19H2,1-3H3,(H,35,36,37,38)/t21?,22-,27-,29+/m1/s1. The molecule has 2 aliphatic rings. The molecule has 13 heteroatoms. The highest BCUT2D eigenvalue weighted by Gasteiger charge is 2.34. The number of hydrogen-bond donors (Lipinski definition) is 2. The smallest absolute Gasteiger partial charge is 0.251 e. The Hall–Kier alpha value is -4.38. The van der Waals surface area contributed by atoms with Crippen LogP contribution in [0.25, 0.3) is 11.4 Å². The summed E-state index contributed by atoms with van der Waals surface area (Å²) in [6.07, 6.45) is -1.84. The van der Waals surface area contributed by atoms with E-state index in [0.29, 0.717) is 23.4 Å². The maximum Gasteiger partial charge on any atom is 0.251 e. The van der Waals surface area contributed by atoms with Crippen molar-refractivity contribution in [1.29, 1.82) is 5.26 Å². The first kappa shape index (κ1) is 32.0. The summed E-state index contributed by atoms with van der Waals surface area (Å²) in [5, 5.41) is 22.5. The maximum absolute atomic E-state index is 14.9. The van der Waals surface area contributed by atoms with Crippen LogP contribution in [-0.2, 0) is 9.53 Å². The minimum atomic E-state index is -1.46. The lowest BCUT2D eigenvalue weighted by Gasteiger charge is -2.39. The predicted octanol–water partition coefficient (Wildman–Crippen LogP) is 3.01. The Kier molecular flexibility index (Phi) is 10.4. The Bertz CT molecular complexity index is 1490. The number of aromatic nitrogens is 3. The van der Waals surface area contributed by atoms with Crippen LogP contribution in [0.3, 0.4) is 0 Å². The van der Waals surface area contributed by atoms with E-state index in [1.165, 1.54) is 18.2 Å². The summed E-state index contributed by atoms with van der Waals surface area (Å²) < 4.78 is 26.0. The van der Waals surface area contributed by atoms with Gasteiger partial charge in [-0.05, 0) is 56.3 Å². The number of nitrogens with zero attached hydrogens (tertiary/aromatic N) is 7. The number of anilines is 3. The summed E-state index contributed by atoms with van der Waals surface area (Å²) in [6, 6.07) is 15.5. The monoisotopic (exact) mass is 618 g/mol. The predicted molar refractivity (Wildman–Crippen MR) is 167 cm³/mol. The average Bonchev–Trinajstić information content (AvgIpc) is 3.06. The van der Waals surface area contributed by atoms with Crippen molar-refractivity contribution in [3.63, 3.8) is 0 Å². The quantitative estimate of drug-likeness (QED) is 0.347. The first-order valence-corrected chi connectivity index (χ1v) is 15.1. The molecule has 1 aromatic heterocycles. The van der Waals surface area contributed by atoms with Crippen LogP contribution in [-0.4, -0.2) is 113 Å². The topological polar surface area (TPSA) is 140 Å². The van der Waals surface area contributed by atoms with Crippen molar-refractivity contribution in [2.75, 3.05) is 63.2 Å². The maximum atomic E-state index is 14.9. The molecule has 5 rings (SSSR count). The van der Waals surface area contributed by atoms with E-state index >= 15 is 0 Å². The van der Waals surface area contributed by atoms with Gasteiger partial charge in [-0.1, -0.05) is 0 Å². The van der Waals surface area contributed by atoms with Crippen LogP contribution in [0, 0.1) is 11.3 Å². The Morgan fingerprint density at radius 2 is 1.89 bits per heavy atom. The van der Waals surface area contributed by atoms with Crippen LogP contribution < -0.4 is 15.0 Å². The number of alkyl halides is 1. The van der Waals surface area contributed by atoms with Gasteiger partial charge in [0.1, 0.15) is 30.4 Å². The molecule has 0 bridgehead atoms. The number of nitrogens with one attached hydrogen (secondary N) is 1. The van der Waals surface area contributed by atoms with Crippen molar-refractivity contribution >= 4 is 23.2 Å². The molecule has 4 atom stereocenters. The average molecular weight is 619 g/mol. The van der Waals surface area contributed by atoms with Crippen molar-refractivity contribution in [2.24, 2.45) is 0 Å².